The summed E-state index contributed by atoms with van der Waals surface area (Å²) in [6.07, 6.45) is 0. The lowest BCUT2D eigenvalue weighted by Gasteiger charge is -2.27. The minimum atomic E-state index is -0.306. The van der Waals surface area contributed by atoms with Crippen molar-refractivity contribution in [3.8, 4) is 5.75 Å². The molecule has 0 bridgehead atoms. The summed E-state index contributed by atoms with van der Waals surface area (Å²) >= 11 is 0. The molecule has 7 nitrogen and oxygen atoms in total. The van der Waals surface area contributed by atoms with E-state index in [1.54, 1.807) is 31.4 Å². The van der Waals surface area contributed by atoms with Gasteiger partial charge in [-0.15, -0.1) is 10.2 Å². The Morgan fingerprint density at radius 2 is 2.04 bits per heavy atom. The number of carbonyl (C=O) groups excluding carboxylic acids is 1. The highest BCUT2D eigenvalue weighted by molar-refractivity contribution is 6.02. The zero-order valence-corrected chi connectivity index (χ0v) is 12.9. The molecule has 3 rings (SSSR count). The highest BCUT2D eigenvalue weighted by atomic mass is 16.5. The fourth-order valence-corrected chi connectivity index (χ4v) is 2.30. The summed E-state index contributed by atoms with van der Waals surface area (Å²) in [4.78, 5) is 14.3. The third-order valence-electron chi connectivity index (χ3n) is 3.55. The third-order valence-corrected chi connectivity index (χ3v) is 3.55. The fraction of sp³-hybridized carbons (Fsp3) is 0.312. The standard InChI is InChI=1S/C16H18N4O3/c1-22-13-4-2-3-12(11-13)17-16(21)14-5-6-15(19-18-14)20-7-9-23-10-8-20/h2-6,11H,7-10H2,1H3,(H,17,21). The molecule has 1 aliphatic heterocycles. The van der Waals surface area contributed by atoms with Crippen LogP contribution in [0.3, 0.4) is 0 Å². The fourth-order valence-electron chi connectivity index (χ4n) is 2.30. The third kappa shape index (κ3) is 3.75. The number of benzene rings is 1. The maximum atomic E-state index is 12.2. The average molecular weight is 314 g/mol. The number of rotatable bonds is 4. The first-order chi connectivity index (χ1) is 11.3. The quantitative estimate of drug-likeness (QED) is 0.923. The first-order valence-electron chi connectivity index (χ1n) is 7.38. The minimum Gasteiger partial charge on any atom is -0.497 e. The predicted molar refractivity (Wildman–Crippen MR) is 86.0 cm³/mol. The average Bonchev–Trinajstić information content (AvgIpc) is 2.63. The van der Waals surface area contributed by atoms with Crippen LogP contribution < -0.4 is 15.0 Å². The van der Waals surface area contributed by atoms with Crippen molar-refractivity contribution in [1.29, 1.82) is 0 Å². The molecule has 7 heteroatoms. The molecule has 2 aromatic rings. The second kappa shape index (κ2) is 7.06. The molecule has 1 aliphatic rings. The van der Waals surface area contributed by atoms with Crippen LogP contribution in [0.2, 0.25) is 0 Å². The van der Waals surface area contributed by atoms with Crippen molar-refractivity contribution in [2.45, 2.75) is 0 Å². The molecule has 1 fully saturated rings. The van der Waals surface area contributed by atoms with Crippen molar-refractivity contribution in [3.63, 3.8) is 0 Å². The molecule has 1 aromatic carbocycles. The largest absolute Gasteiger partial charge is 0.497 e. The summed E-state index contributed by atoms with van der Waals surface area (Å²) in [5, 5.41) is 10.9. The van der Waals surface area contributed by atoms with Crippen LogP contribution in [0.4, 0.5) is 11.5 Å². The van der Waals surface area contributed by atoms with Crippen LogP contribution in [-0.2, 0) is 4.74 Å². The number of ether oxygens (including phenoxy) is 2. The molecule has 0 aliphatic carbocycles. The SMILES string of the molecule is COc1cccc(NC(=O)c2ccc(N3CCOCC3)nn2)c1. The predicted octanol–water partition coefficient (Wildman–Crippen LogP) is 1.57. The molecule has 0 saturated carbocycles. The normalized spacial score (nSPS) is 14.4. The lowest BCUT2D eigenvalue weighted by atomic mass is 10.3. The maximum absolute atomic E-state index is 12.2. The summed E-state index contributed by atoms with van der Waals surface area (Å²) < 4.78 is 10.4. The van der Waals surface area contributed by atoms with E-state index in [0.717, 1.165) is 18.9 Å². The van der Waals surface area contributed by atoms with Crippen molar-refractivity contribution in [2.24, 2.45) is 0 Å². The summed E-state index contributed by atoms with van der Waals surface area (Å²) in [6.45, 7) is 2.92. The van der Waals surface area contributed by atoms with Gasteiger partial charge in [0.2, 0.25) is 0 Å². The number of nitrogens with one attached hydrogen (secondary N) is 1. The molecule has 1 aromatic heterocycles. The molecule has 0 radical (unpaired) electrons. The first kappa shape index (κ1) is 15.2. The topological polar surface area (TPSA) is 76.6 Å². The van der Waals surface area contributed by atoms with E-state index in [1.807, 2.05) is 12.1 Å². The van der Waals surface area contributed by atoms with Gasteiger partial charge in [0.05, 0.1) is 20.3 Å². The van der Waals surface area contributed by atoms with E-state index < -0.39 is 0 Å². The lowest BCUT2D eigenvalue weighted by Crippen LogP contribution is -2.37. The monoisotopic (exact) mass is 314 g/mol. The highest BCUT2D eigenvalue weighted by Gasteiger charge is 2.14. The molecular formula is C16H18N4O3. The molecule has 0 atom stereocenters. The van der Waals surface area contributed by atoms with Crippen LogP contribution in [-0.4, -0.2) is 49.5 Å². The molecule has 120 valence electrons. The molecule has 0 unspecified atom stereocenters. The van der Waals surface area contributed by atoms with E-state index in [-0.39, 0.29) is 11.6 Å². The number of methoxy groups -OCH3 is 1. The van der Waals surface area contributed by atoms with Gasteiger partial charge in [-0.25, -0.2) is 0 Å². The van der Waals surface area contributed by atoms with Crippen molar-refractivity contribution in [2.75, 3.05) is 43.6 Å². The van der Waals surface area contributed by atoms with Crippen LogP contribution in [0.5, 0.6) is 5.75 Å². The summed E-state index contributed by atoms with van der Waals surface area (Å²) in [7, 11) is 1.58. The van der Waals surface area contributed by atoms with E-state index in [4.69, 9.17) is 9.47 Å². The van der Waals surface area contributed by atoms with E-state index in [9.17, 15) is 4.79 Å². The molecular weight excluding hydrogens is 296 g/mol. The summed E-state index contributed by atoms with van der Waals surface area (Å²) in [5.41, 5.74) is 0.915. The number of anilines is 2. The second-order valence-electron chi connectivity index (χ2n) is 5.06. The molecule has 1 amide bonds. The van der Waals surface area contributed by atoms with Crippen LogP contribution >= 0.6 is 0 Å². The smallest absolute Gasteiger partial charge is 0.276 e. The zero-order chi connectivity index (χ0) is 16.1. The van der Waals surface area contributed by atoms with Gasteiger partial charge < -0.3 is 19.7 Å². The van der Waals surface area contributed by atoms with Gasteiger partial charge in [0.1, 0.15) is 5.75 Å². The number of nitrogens with zero attached hydrogens (tertiary/aromatic N) is 3. The van der Waals surface area contributed by atoms with Gasteiger partial charge in [0, 0.05) is 24.8 Å². The van der Waals surface area contributed by atoms with Gasteiger partial charge in [-0.05, 0) is 24.3 Å². The van der Waals surface area contributed by atoms with Gasteiger partial charge in [-0.2, -0.15) is 0 Å². The van der Waals surface area contributed by atoms with Crippen molar-refractivity contribution in [1.82, 2.24) is 10.2 Å². The molecule has 2 heterocycles. The Morgan fingerprint density at radius 3 is 2.74 bits per heavy atom. The van der Waals surface area contributed by atoms with E-state index >= 15 is 0 Å². The van der Waals surface area contributed by atoms with Crippen LogP contribution in [0.15, 0.2) is 36.4 Å². The van der Waals surface area contributed by atoms with E-state index in [2.05, 4.69) is 20.4 Å². The molecule has 23 heavy (non-hydrogen) atoms. The first-order valence-corrected chi connectivity index (χ1v) is 7.38. The lowest BCUT2D eigenvalue weighted by molar-refractivity contribution is 0.102. The number of hydrogen-bond acceptors (Lipinski definition) is 6. The summed E-state index contributed by atoms with van der Waals surface area (Å²) in [6, 6.07) is 10.6. The Labute approximate surface area is 134 Å². The van der Waals surface area contributed by atoms with Crippen LogP contribution in [0.1, 0.15) is 10.5 Å². The second-order valence-corrected chi connectivity index (χ2v) is 5.06. The molecule has 1 saturated heterocycles. The van der Waals surface area contributed by atoms with Crippen molar-refractivity contribution < 1.29 is 14.3 Å². The van der Waals surface area contributed by atoms with Gasteiger partial charge >= 0.3 is 0 Å². The number of carbonyl (C=O) groups is 1. The van der Waals surface area contributed by atoms with Crippen molar-refractivity contribution >= 4 is 17.4 Å². The Bertz CT molecular complexity index is 669. The Hall–Kier alpha value is -2.67. The van der Waals surface area contributed by atoms with E-state index in [1.165, 1.54) is 0 Å². The summed E-state index contributed by atoms with van der Waals surface area (Å²) in [5.74, 6) is 1.13. The van der Waals surface area contributed by atoms with Gasteiger partial charge in [0.25, 0.3) is 5.91 Å². The maximum Gasteiger partial charge on any atom is 0.276 e. The zero-order valence-electron chi connectivity index (χ0n) is 12.9. The van der Waals surface area contributed by atoms with E-state index in [0.29, 0.717) is 24.7 Å². The highest BCUT2D eigenvalue weighted by Crippen LogP contribution is 2.17. The molecule has 0 spiro atoms. The van der Waals surface area contributed by atoms with Crippen LogP contribution in [0.25, 0.3) is 0 Å². The number of hydrogen-bond donors (Lipinski definition) is 1. The van der Waals surface area contributed by atoms with Crippen LogP contribution in [0, 0.1) is 0 Å². The van der Waals surface area contributed by atoms with Gasteiger partial charge in [-0.1, -0.05) is 6.07 Å². The Kier molecular flexibility index (Phi) is 4.68. The Balaban J connectivity index is 1.67. The number of amides is 1. The number of aromatic nitrogens is 2. The van der Waals surface area contributed by atoms with Gasteiger partial charge in [-0.3, -0.25) is 4.79 Å². The van der Waals surface area contributed by atoms with Crippen molar-refractivity contribution in [3.05, 3.63) is 42.1 Å². The minimum absolute atomic E-state index is 0.268. The van der Waals surface area contributed by atoms with Gasteiger partial charge in [0.15, 0.2) is 11.5 Å². The molecule has 1 N–H and O–H groups in total. The number of morpholine rings is 1. The Morgan fingerprint density at radius 1 is 1.22 bits per heavy atom.